The molecular formula is C19H18ClNO3. The number of aromatic carboxylic acids is 1. The van der Waals surface area contributed by atoms with Gasteiger partial charge in [-0.2, -0.15) is 0 Å². The Hall–Kier alpha value is -2.17. The van der Waals surface area contributed by atoms with Crippen molar-refractivity contribution < 1.29 is 14.6 Å². The lowest BCUT2D eigenvalue weighted by Crippen LogP contribution is -2.10. The lowest BCUT2D eigenvalue weighted by molar-refractivity contribution is 0.0693. The summed E-state index contributed by atoms with van der Waals surface area (Å²) in [5, 5.41) is 10.0. The number of aromatic nitrogens is 1. The Kier molecular flexibility index (Phi) is 4.97. The van der Waals surface area contributed by atoms with E-state index in [-0.39, 0.29) is 6.10 Å². The molecule has 24 heavy (non-hydrogen) atoms. The molecule has 0 amide bonds. The smallest absolute Gasteiger partial charge is 0.336 e. The first-order valence-electron chi connectivity index (χ1n) is 7.89. The monoisotopic (exact) mass is 343 g/mol. The van der Waals surface area contributed by atoms with E-state index in [0.29, 0.717) is 29.3 Å². The fourth-order valence-electron chi connectivity index (χ4n) is 2.94. The number of benzene rings is 1. The summed E-state index contributed by atoms with van der Waals surface area (Å²) >= 11 is 6.35. The molecule has 124 valence electrons. The van der Waals surface area contributed by atoms with Gasteiger partial charge in [-0.05, 0) is 42.2 Å². The van der Waals surface area contributed by atoms with Gasteiger partial charge < -0.3 is 9.84 Å². The van der Waals surface area contributed by atoms with Crippen molar-refractivity contribution in [3.63, 3.8) is 0 Å². The summed E-state index contributed by atoms with van der Waals surface area (Å²) in [6, 6.07) is 9.12. The largest absolute Gasteiger partial charge is 0.478 e. The van der Waals surface area contributed by atoms with Gasteiger partial charge >= 0.3 is 5.97 Å². The minimum atomic E-state index is -0.938. The molecular weight excluding hydrogens is 326 g/mol. The molecule has 1 N–H and O–H groups in total. The maximum absolute atomic E-state index is 11.4. The summed E-state index contributed by atoms with van der Waals surface area (Å²) in [5.74, 6) is -0.938. The van der Waals surface area contributed by atoms with Gasteiger partial charge in [0.1, 0.15) is 6.10 Å². The third-order valence-corrected chi connectivity index (χ3v) is 4.38. The Bertz CT molecular complexity index is 801. The molecule has 1 aromatic carbocycles. The molecule has 5 heteroatoms. The highest BCUT2D eigenvalue weighted by Crippen LogP contribution is 2.38. The molecule has 0 saturated heterocycles. The molecule has 1 aliphatic carbocycles. The van der Waals surface area contributed by atoms with Crippen molar-refractivity contribution in [3.05, 3.63) is 69.5 Å². The lowest BCUT2D eigenvalue weighted by Gasteiger charge is -2.21. The second-order valence-corrected chi connectivity index (χ2v) is 6.10. The minimum Gasteiger partial charge on any atom is -0.478 e. The number of nitrogens with zero attached hydrogens (tertiary/aromatic N) is 1. The van der Waals surface area contributed by atoms with E-state index in [4.69, 9.17) is 16.3 Å². The fourth-order valence-corrected chi connectivity index (χ4v) is 3.17. The minimum absolute atomic E-state index is 0.291. The second kappa shape index (κ2) is 7.16. The first-order chi connectivity index (χ1) is 11.6. The summed E-state index contributed by atoms with van der Waals surface area (Å²) in [6.07, 6.45) is 4.55. The van der Waals surface area contributed by atoms with Crippen LogP contribution >= 0.6 is 11.6 Å². The maximum atomic E-state index is 11.4. The number of halogens is 1. The molecule has 2 aromatic rings. The average Bonchev–Trinajstić information content (AvgIpc) is 3.00. The van der Waals surface area contributed by atoms with E-state index in [9.17, 15) is 9.90 Å². The van der Waals surface area contributed by atoms with Crippen LogP contribution in [0.3, 0.4) is 0 Å². The summed E-state index contributed by atoms with van der Waals surface area (Å²) in [7, 11) is 0. The molecule has 1 atom stereocenters. The predicted octanol–water partition coefficient (Wildman–Crippen LogP) is 4.54. The molecule has 1 heterocycles. The zero-order valence-electron chi connectivity index (χ0n) is 13.3. The number of ether oxygens (including phenoxy) is 1. The van der Waals surface area contributed by atoms with Crippen molar-refractivity contribution in [1.29, 1.82) is 0 Å². The van der Waals surface area contributed by atoms with E-state index in [1.807, 2.05) is 37.3 Å². The van der Waals surface area contributed by atoms with E-state index in [2.05, 4.69) is 4.98 Å². The molecule has 0 aliphatic heterocycles. The van der Waals surface area contributed by atoms with Crippen molar-refractivity contribution in [3.8, 4) is 0 Å². The van der Waals surface area contributed by atoms with Crippen molar-refractivity contribution in [2.75, 3.05) is 6.61 Å². The lowest BCUT2D eigenvalue weighted by atomic mass is 9.98. The van der Waals surface area contributed by atoms with Crippen molar-refractivity contribution in [1.82, 2.24) is 4.98 Å². The van der Waals surface area contributed by atoms with E-state index in [1.165, 1.54) is 12.3 Å². The topological polar surface area (TPSA) is 59.4 Å². The van der Waals surface area contributed by atoms with Gasteiger partial charge in [-0.15, -0.1) is 0 Å². The van der Waals surface area contributed by atoms with Crippen LogP contribution in [0.5, 0.6) is 0 Å². The third kappa shape index (κ3) is 3.21. The van der Waals surface area contributed by atoms with Crippen LogP contribution in [0.1, 0.15) is 46.6 Å². The number of pyridine rings is 1. The number of rotatable bonds is 6. The number of hydrogen-bond acceptors (Lipinski definition) is 3. The zero-order valence-corrected chi connectivity index (χ0v) is 14.1. The zero-order chi connectivity index (χ0) is 17.1. The fraction of sp³-hybridized carbons (Fsp3) is 0.263. The van der Waals surface area contributed by atoms with Gasteiger partial charge in [0.05, 0.1) is 11.3 Å². The van der Waals surface area contributed by atoms with E-state index >= 15 is 0 Å². The Labute approximate surface area is 145 Å². The van der Waals surface area contributed by atoms with Gasteiger partial charge in [0, 0.05) is 23.4 Å². The highest BCUT2D eigenvalue weighted by Gasteiger charge is 2.27. The van der Waals surface area contributed by atoms with Crippen LogP contribution in [0.25, 0.3) is 6.08 Å². The maximum Gasteiger partial charge on any atom is 0.336 e. The number of carboxylic acids is 1. The molecule has 1 aromatic heterocycles. The first-order valence-corrected chi connectivity index (χ1v) is 8.27. The molecule has 1 aliphatic rings. The highest BCUT2D eigenvalue weighted by molar-refractivity contribution is 6.31. The Balaban J connectivity index is 1.97. The highest BCUT2D eigenvalue weighted by atomic mass is 35.5. The molecule has 0 radical (unpaired) electrons. The molecule has 3 rings (SSSR count). The van der Waals surface area contributed by atoms with Gasteiger partial charge in [-0.3, -0.25) is 4.98 Å². The van der Waals surface area contributed by atoms with Crippen LogP contribution in [0.4, 0.5) is 0 Å². The van der Waals surface area contributed by atoms with Crippen LogP contribution in [-0.4, -0.2) is 22.7 Å². The first kappa shape index (κ1) is 16.7. The molecule has 0 fully saturated rings. The summed E-state index contributed by atoms with van der Waals surface area (Å²) in [6.45, 7) is 2.65. The van der Waals surface area contributed by atoms with Gasteiger partial charge in [-0.1, -0.05) is 36.7 Å². The SMILES string of the molecule is CCCOC(C1=Cc2nccc(C(=O)O)c2C1)c1ccccc1Cl. The number of carbonyl (C=O) groups is 1. The Morgan fingerprint density at radius 2 is 2.17 bits per heavy atom. The molecule has 0 saturated carbocycles. The summed E-state index contributed by atoms with van der Waals surface area (Å²) in [4.78, 5) is 15.7. The molecule has 0 bridgehead atoms. The summed E-state index contributed by atoms with van der Waals surface area (Å²) in [5.41, 5.74) is 3.59. The normalized spacial score (nSPS) is 14.2. The number of carboxylic acid groups (broad SMARTS) is 1. The van der Waals surface area contributed by atoms with E-state index < -0.39 is 5.97 Å². The summed E-state index contributed by atoms with van der Waals surface area (Å²) < 4.78 is 6.05. The second-order valence-electron chi connectivity index (χ2n) is 5.70. The van der Waals surface area contributed by atoms with Gasteiger partial charge in [-0.25, -0.2) is 4.79 Å². The number of hydrogen-bond donors (Lipinski definition) is 1. The van der Waals surface area contributed by atoms with Crippen molar-refractivity contribution in [2.24, 2.45) is 0 Å². The van der Waals surface area contributed by atoms with Crippen LogP contribution in [0.15, 0.2) is 42.1 Å². The molecule has 4 nitrogen and oxygen atoms in total. The average molecular weight is 344 g/mol. The van der Waals surface area contributed by atoms with Crippen LogP contribution < -0.4 is 0 Å². The van der Waals surface area contributed by atoms with Gasteiger partial charge in [0.25, 0.3) is 0 Å². The molecule has 0 spiro atoms. The van der Waals surface area contributed by atoms with E-state index in [0.717, 1.165) is 23.1 Å². The van der Waals surface area contributed by atoms with Crippen molar-refractivity contribution >= 4 is 23.6 Å². The Morgan fingerprint density at radius 1 is 1.38 bits per heavy atom. The van der Waals surface area contributed by atoms with Crippen molar-refractivity contribution in [2.45, 2.75) is 25.9 Å². The van der Waals surface area contributed by atoms with Gasteiger partial charge in [0.15, 0.2) is 0 Å². The van der Waals surface area contributed by atoms with Crippen LogP contribution in [0.2, 0.25) is 5.02 Å². The Morgan fingerprint density at radius 3 is 2.88 bits per heavy atom. The van der Waals surface area contributed by atoms with E-state index in [1.54, 1.807) is 0 Å². The standard InChI is InChI=1S/C19H18ClNO3/c1-2-9-24-18(14-5-3-4-6-16(14)20)12-10-15-13(19(22)23)7-8-21-17(15)11-12/h3-8,11,18H,2,9-10H2,1H3,(H,22,23). The quantitative estimate of drug-likeness (QED) is 0.836. The van der Waals surface area contributed by atoms with Gasteiger partial charge in [0.2, 0.25) is 0 Å². The van der Waals surface area contributed by atoms with Crippen LogP contribution in [0, 0.1) is 0 Å². The predicted molar refractivity (Wildman–Crippen MR) is 93.3 cm³/mol. The molecule has 1 unspecified atom stereocenters. The third-order valence-electron chi connectivity index (χ3n) is 4.04. The number of fused-ring (bicyclic) bond motifs is 1. The van der Waals surface area contributed by atoms with Crippen LogP contribution in [-0.2, 0) is 11.2 Å².